The molecule has 5 heteroatoms. The number of amides is 1. The van der Waals surface area contributed by atoms with Crippen LogP contribution in [0.3, 0.4) is 0 Å². The average molecular weight is 279 g/mol. The summed E-state index contributed by atoms with van der Waals surface area (Å²) in [5, 5.41) is 11.5. The molecular weight excluding hydrogens is 258 g/mol. The number of hydrogen-bond acceptors (Lipinski definition) is 3. The van der Waals surface area contributed by atoms with Gasteiger partial charge in [0.05, 0.1) is 0 Å². The Labute approximate surface area is 118 Å². The number of nitrogens with one attached hydrogen (secondary N) is 1. The molecule has 2 N–H and O–H groups in total. The van der Waals surface area contributed by atoms with Gasteiger partial charge >= 0.3 is 5.97 Å². The number of rotatable bonds is 7. The van der Waals surface area contributed by atoms with Crippen molar-refractivity contribution in [1.29, 1.82) is 0 Å². The average Bonchev–Trinajstić information content (AvgIpc) is 2.42. The highest BCUT2D eigenvalue weighted by atomic mass is 16.5. The molecular formula is C15H21NO4. The summed E-state index contributed by atoms with van der Waals surface area (Å²) in [6.45, 7) is 5.30. The summed E-state index contributed by atoms with van der Waals surface area (Å²) < 4.78 is 5.45. The van der Waals surface area contributed by atoms with Crippen molar-refractivity contribution in [3.63, 3.8) is 0 Å². The Kier molecular flexibility index (Phi) is 6.03. The van der Waals surface area contributed by atoms with Gasteiger partial charge in [0.2, 0.25) is 0 Å². The van der Waals surface area contributed by atoms with Crippen LogP contribution in [-0.4, -0.2) is 29.6 Å². The minimum atomic E-state index is -1.04. The highest BCUT2D eigenvalue weighted by molar-refractivity contribution is 5.84. The molecule has 0 aromatic heterocycles. The Balaban J connectivity index is 2.57. The summed E-state index contributed by atoms with van der Waals surface area (Å²) in [5.74, 6) is -1.000. The minimum absolute atomic E-state index is 0.181. The van der Waals surface area contributed by atoms with Gasteiger partial charge in [-0.15, -0.1) is 0 Å². The fraction of sp³-hybridized carbons (Fsp3) is 0.467. The number of carbonyl (C=O) groups excluding carboxylic acids is 1. The van der Waals surface area contributed by atoms with Crippen molar-refractivity contribution in [3.05, 3.63) is 29.8 Å². The maximum Gasteiger partial charge on any atom is 0.326 e. The van der Waals surface area contributed by atoms with Crippen LogP contribution in [0, 0.1) is 5.92 Å². The molecule has 1 aromatic carbocycles. The molecule has 110 valence electrons. The summed E-state index contributed by atoms with van der Waals surface area (Å²) in [4.78, 5) is 22.7. The van der Waals surface area contributed by atoms with E-state index in [9.17, 15) is 9.59 Å². The SMILES string of the molecule is CCc1ccccc1OCC(=O)NC(C(=O)O)C(C)C. The monoisotopic (exact) mass is 279 g/mol. The first-order valence-electron chi connectivity index (χ1n) is 6.68. The van der Waals surface area contributed by atoms with Gasteiger partial charge in [-0.2, -0.15) is 0 Å². The van der Waals surface area contributed by atoms with Crippen LogP contribution < -0.4 is 10.1 Å². The molecule has 0 heterocycles. The van der Waals surface area contributed by atoms with E-state index < -0.39 is 17.9 Å². The van der Waals surface area contributed by atoms with Crippen LogP contribution in [0.15, 0.2) is 24.3 Å². The molecule has 0 spiro atoms. The number of aliphatic carboxylic acids is 1. The second-order valence-electron chi connectivity index (χ2n) is 4.88. The number of hydrogen-bond donors (Lipinski definition) is 2. The third-order valence-electron chi connectivity index (χ3n) is 2.96. The number of carboxylic acid groups (broad SMARTS) is 1. The third-order valence-corrected chi connectivity index (χ3v) is 2.96. The molecule has 1 unspecified atom stereocenters. The molecule has 0 bridgehead atoms. The molecule has 1 rings (SSSR count). The van der Waals surface area contributed by atoms with Crippen molar-refractivity contribution in [1.82, 2.24) is 5.32 Å². The molecule has 0 aliphatic heterocycles. The number of benzene rings is 1. The molecule has 0 aliphatic carbocycles. The third kappa shape index (κ3) is 4.57. The first-order valence-corrected chi connectivity index (χ1v) is 6.68. The van der Waals surface area contributed by atoms with Gasteiger partial charge in [-0.3, -0.25) is 4.79 Å². The summed E-state index contributed by atoms with van der Waals surface area (Å²) in [7, 11) is 0. The predicted molar refractivity (Wildman–Crippen MR) is 75.7 cm³/mol. The lowest BCUT2D eigenvalue weighted by Gasteiger charge is -2.18. The molecule has 0 aliphatic rings. The molecule has 5 nitrogen and oxygen atoms in total. The zero-order valence-corrected chi connectivity index (χ0v) is 12.1. The number of carboxylic acids is 1. The van der Waals surface area contributed by atoms with E-state index in [1.54, 1.807) is 19.9 Å². The summed E-state index contributed by atoms with van der Waals surface area (Å²) in [6.07, 6.45) is 0.807. The predicted octanol–water partition coefficient (Wildman–Crippen LogP) is 1.85. The van der Waals surface area contributed by atoms with Gasteiger partial charge in [-0.1, -0.05) is 39.0 Å². The highest BCUT2D eigenvalue weighted by Crippen LogP contribution is 2.18. The second-order valence-corrected chi connectivity index (χ2v) is 4.88. The Morgan fingerprint density at radius 3 is 2.50 bits per heavy atom. The van der Waals surface area contributed by atoms with E-state index in [-0.39, 0.29) is 12.5 Å². The molecule has 20 heavy (non-hydrogen) atoms. The lowest BCUT2D eigenvalue weighted by molar-refractivity contribution is -0.143. The molecule has 1 aromatic rings. The van der Waals surface area contributed by atoms with Gasteiger partial charge in [0.15, 0.2) is 6.61 Å². The van der Waals surface area contributed by atoms with Crippen molar-refractivity contribution in [2.75, 3.05) is 6.61 Å². The smallest absolute Gasteiger partial charge is 0.326 e. The van der Waals surface area contributed by atoms with Crippen molar-refractivity contribution < 1.29 is 19.4 Å². The molecule has 0 radical (unpaired) electrons. The zero-order valence-electron chi connectivity index (χ0n) is 12.1. The first kappa shape index (κ1) is 16.0. The lowest BCUT2D eigenvalue weighted by atomic mass is 10.1. The van der Waals surface area contributed by atoms with Gasteiger partial charge in [-0.05, 0) is 24.0 Å². The van der Waals surface area contributed by atoms with Gasteiger partial charge in [0.25, 0.3) is 5.91 Å². The Morgan fingerprint density at radius 1 is 1.30 bits per heavy atom. The van der Waals surface area contributed by atoms with Gasteiger partial charge in [0.1, 0.15) is 11.8 Å². The van der Waals surface area contributed by atoms with Crippen LogP contribution in [0.4, 0.5) is 0 Å². The molecule has 1 amide bonds. The molecule has 0 saturated carbocycles. The maximum atomic E-state index is 11.7. The van der Waals surface area contributed by atoms with Gasteiger partial charge in [-0.25, -0.2) is 4.79 Å². The summed E-state index contributed by atoms with van der Waals surface area (Å²) in [5.41, 5.74) is 1.01. The van der Waals surface area contributed by atoms with E-state index in [0.29, 0.717) is 5.75 Å². The molecule has 1 atom stereocenters. The fourth-order valence-electron chi connectivity index (χ4n) is 1.81. The minimum Gasteiger partial charge on any atom is -0.483 e. The standard InChI is InChI=1S/C15H21NO4/c1-4-11-7-5-6-8-12(11)20-9-13(17)16-14(10(2)3)15(18)19/h5-8,10,14H,4,9H2,1-3H3,(H,16,17)(H,18,19). The molecule has 0 saturated heterocycles. The normalized spacial score (nSPS) is 12.0. The fourth-order valence-corrected chi connectivity index (χ4v) is 1.81. The Bertz CT molecular complexity index is 471. The number of aryl methyl sites for hydroxylation is 1. The van der Waals surface area contributed by atoms with Crippen molar-refractivity contribution >= 4 is 11.9 Å². The van der Waals surface area contributed by atoms with Gasteiger partial charge in [0, 0.05) is 0 Å². The van der Waals surface area contributed by atoms with Gasteiger partial charge < -0.3 is 15.2 Å². The van der Waals surface area contributed by atoms with Crippen LogP contribution >= 0.6 is 0 Å². The maximum absolute atomic E-state index is 11.7. The highest BCUT2D eigenvalue weighted by Gasteiger charge is 2.23. The molecule has 0 fully saturated rings. The van der Waals surface area contributed by atoms with Crippen molar-refractivity contribution in [2.45, 2.75) is 33.2 Å². The van der Waals surface area contributed by atoms with Crippen LogP contribution in [0.2, 0.25) is 0 Å². The van der Waals surface area contributed by atoms with Crippen molar-refractivity contribution in [3.8, 4) is 5.75 Å². The van der Waals surface area contributed by atoms with E-state index in [2.05, 4.69) is 5.32 Å². The number of para-hydroxylation sites is 1. The van der Waals surface area contributed by atoms with Crippen LogP contribution in [0.1, 0.15) is 26.3 Å². The van der Waals surface area contributed by atoms with Crippen molar-refractivity contribution in [2.24, 2.45) is 5.92 Å². The van der Waals surface area contributed by atoms with Crippen LogP contribution in [-0.2, 0) is 16.0 Å². The lowest BCUT2D eigenvalue weighted by Crippen LogP contribution is -2.46. The number of carbonyl (C=O) groups is 2. The number of ether oxygens (including phenoxy) is 1. The quantitative estimate of drug-likeness (QED) is 0.798. The Hall–Kier alpha value is -2.04. The largest absolute Gasteiger partial charge is 0.483 e. The zero-order chi connectivity index (χ0) is 15.1. The van der Waals surface area contributed by atoms with E-state index in [1.807, 2.05) is 25.1 Å². The Morgan fingerprint density at radius 2 is 1.95 bits per heavy atom. The summed E-state index contributed by atoms with van der Waals surface area (Å²) in [6, 6.07) is 6.57. The van der Waals surface area contributed by atoms with E-state index in [0.717, 1.165) is 12.0 Å². The topological polar surface area (TPSA) is 75.6 Å². The van der Waals surface area contributed by atoms with E-state index in [1.165, 1.54) is 0 Å². The van der Waals surface area contributed by atoms with Crippen LogP contribution in [0.5, 0.6) is 5.75 Å². The first-order chi connectivity index (χ1) is 9.45. The van der Waals surface area contributed by atoms with Crippen LogP contribution in [0.25, 0.3) is 0 Å². The summed E-state index contributed by atoms with van der Waals surface area (Å²) >= 11 is 0. The van der Waals surface area contributed by atoms with E-state index in [4.69, 9.17) is 9.84 Å². The second kappa shape index (κ2) is 7.53. The van der Waals surface area contributed by atoms with E-state index >= 15 is 0 Å².